The third-order valence-electron chi connectivity index (χ3n) is 4.38. The average Bonchev–Trinajstić information content (AvgIpc) is 2.85. The van der Waals surface area contributed by atoms with Gasteiger partial charge in [0.15, 0.2) is 0 Å². The van der Waals surface area contributed by atoms with Crippen LogP contribution >= 0.6 is 11.8 Å². The molecule has 3 unspecified atom stereocenters. The minimum Gasteiger partial charge on any atom is -0.374 e. The van der Waals surface area contributed by atoms with E-state index < -0.39 is 12.8 Å². The summed E-state index contributed by atoms with van der Waals surface area (Å²) in [6.07, 6.45) is -0.559. The van der Waals surface area contributed by atoms with Crippen LogP contribution in [0.25, 0.3) is 0 Å². The monoisotopic (exact) mass is 327 g/mol. The topological polar surface area (TPSA) is 30.5 Å². The first kappa shape index (κ1) is 17.4. The van der Waals surface area contributed by atoms with Gasteiger partial charge in [0.05, 0.1) is 5.60 Å². The first-order valence-corrected chi connectivity index (χ1v) is 8.63. The van der Waals surface area contributed by atoms with Crippen molar-refractivity contribution < 1.29 is 22.6 Å². The summed E-state index contributed by atoms with van der Waals surface area (Å²) < 4.78 is 46.9. The molecule has 2 aliphatic heterocycles. The molecule has 124 valence electrons. The molecule has 3 nitrogen and oxygen atoms in total. The molecule has 0 aliphatic carbocycles. The van der Waals surface area contributed by atoms with E-state index in [2.05, 4.69) is 5.32 Å². The molecule has 0 saturated carbocycles. The van der Waals surface area contributed by atoms with E-state index in [0.717, 1.165) is 37.4 Å². The molecule has 2 aliphatic rings. The van der Waals surface area contributed by atoms with Gasteiger partial charge < -0.3 is 14.8 Å². The fraction of sp³-hybridized carbons (Fsp3) is 1.00. The van der Waals surface area contributed by atoms with Crippen molar-refractivity contribution in [1.82, 2.24) is 5.32 Å². The summed E-state index contributed by atoms with van der Waals surface area (Å²) in [5, 5.41) is 3.25. The number of thioether (sulfide) groups is 1. The van der Waals surface area contributed by atoms with Gasteiger partial charge in [-0.2, -0.15) is 24.9 Å². The van der Waals surface area contributed by atoms with Crippen molar-refractivity contribution >= 4 is 11.8 Å². The number of halogens is 3. The summed E-state index contributed by atoms with van der Waals surface area (Å²) in [7, 11) is 1.87. The predicted octanol–water partition coefficient (Wildman–Crippen LogP) is 2.85. The first-order chi connectivity index (χ1) is 9.94. The zero-order valence-corrected chi connectivity index (χ0v) is 13.2. The maximum Gasteiger partial charge on any atom is 0.411 e. The molecule has 0 aromatic heterocycles. The van der Waals surface area contributed by atoms with Crippen molar-refractivity contribution in [2.24, 2.45) is 5.92 Å². The lowest BCUT2D eigenvalue weighted by Gasteiger charge is -2.41. The molecule has 3 atom stereocenters. The van der Waals surface area contributed by atoms with Crippen LogP contribution in [-0.4, -0.2) is 56.2 Å². The lowest BCUT2D eigenvalue weighted by atomic mass is 9.80. The van der Waals surface area contributed by atoms with E-state index in [-0.39, 0.29) is 18.2 Å². The number of hydrogen-bond donors (Lipinski definition) is 1. The Kier molecular flexibility index (Phi) is 6.23. The highest BCUT2D eigenvalue weighted by Crippen LogP contribution is 2.41. The molecule has 1 spiro atoms. The maximum atomic E-state index is 12.1. The van der Waals surface area contributed by atoms with E-state index in [1.807, 2.05) is 18.8 Å². The Bertz CT molecular complexity index is 322. The second-order valence-electron chi connectivity index (χ2n) is 5.94. The van der Waals surface area contributed by atoms with Crippen LogP contribution in [0.15, 0.2) is 0 Å². The van der Waals surface area contributed by atoms with Gasteiger partial charge in [0.1, 0.15) is 6.61 Å². The summed E-state index contributed by atoms with van der Waals surface area (Å²) in [6, 6.07) is 0.199. The van der Waals surface area contributed by atoms with Gasteiger partial charge in [-0.25, -0.2) is 0 Å². The fourth-order valence-electron chi connectivity index (χ4n) is 3.29. The molecule has 0 radical (unpaired) electrons. The fourth-order valence-corrected chi connectivity index (χ4v) is 4.66. The third kappa shape index (κ3) is 5.30. The van der Waals surface area contributed by atoms with Crippen LogP contribution in [0.2, 0.25) is 0 Å². The van der Waals surface area contributed by atoms with Crippen LogP contribution in [0.5, 0.6) is 0 Å². The van der Waals surface area contributed by atoms with Crippen LogP contribution in [-0.2, 0) is 9.47 Å². The highest BCUT2D eigenvalue weighted by molar-refractivity contribution is 7.99. The highest BCUT2D eigenvalue weighted by atomic mass is 32.2. The molecule has 2 rings (SSSR count). The van der Waals surface area contributed by atoms with Gasteiger partial charge in [0, 0.05) is 25.0 Å². The van der Waals surface area contributed by atoms with E-state index in [1.165, 1.54) is 0 Å². The molecule has 2 fully saturated rings. The number of ether oxygens (including phenoxy) is 2. The molecular weight excluding hydrogens is 303 g/mol. The normalized spacial score (nSPS) is 31.7. The zero-order valence-electron chi connectivity index (χ0n) is 12.4. The van der Waals surface area contributed by atoms with E-state index in [0.29, 0.717) is 12.3 Å². The number of hydrogen-bond acceptors (Lipinski definition) is 4. The van der Waals surface area contributed by atoms with Crippen molar-refractivity contribution in [2.45, 2.75) is 43.5 Å². The zero-order chi connectivity index (χ0) is 15.3. The Balaban J connectivity index is 1.77. The van der Waals surface area contributed by atoms with Gasteiger partial charge in [0.25, 0.3) is 0 Å². The van der Waals surface area contributed by atoms with Gasteiger partial charge >= 0.3 is 6.18 Å². The summed E-state index contributed by atoms with van der Waals surface area (Å²) in [6.45, 7) is -0.255. The van der Waals surface area contributed by atoms with Crippen LogP contribution in [0, 0.1) is 5.92 Å². The maximum absolute atomic E-state index is 12.1. The van der Waals surface area contributed by atoms with Gasteiger partial charge in [0.2, 0.25) is 0 Å². The smallest absolute Gasteiger partial charge is 0.374 e. The molecular formula is C14H24F3NO2S. The summed E-state index contributed by atoms with van der Waals surface area (Å²) in [4.78, 5) is 0. The van der Waals surface area contributed by atoms with Crippen LogP contribution in [0.3, 0.4) is 0 Å². The van der Waals surface area contributed by atoms with Crippen molar-refractivity contribution in [3.63, 3.8) is 0 Å². The molecule has 21 heavy (non-hydrogen) atoms. The van der Waals surface area contributed by atoms with Crippen LogP contribution in [0.4, 0.5) is 13.2 Å². The molecule has 0 aromatic carbocycles. The van der Waals surface area contributed by atoms with E-state index in [4.69, 9.17) is 9.47 Å². The van der Waals surface area contributed by atoms with E-state index >= 15 is 0 Å². The molecule has 0 amide bonds. The second-order valence-corrected chi connectivity index (χ2v) is 7.04. The Labute approximate surface area is 128 Å². The average molecular weight is 327 g/mol. The quantitative estimate of drug-likeness (QED) is 0.760. The summed E-state index contributed by atoms with van der Waals surface area (Å²) in [5.41, 5.74) is 0.00943. The van der Waals surface area contributed by atoms with Gasteiger partial charge in [-0.15, -0.1) is 0 Å². The lowest BCUT2D eigenvalue weighted by molar-refractivity contribution is -0.174. The van der Waals surface area contributed by atoms with Gasteiger partial charge in [-0.3, -0.25) is 0 Å². The predicted molar refractivity (Wildman–Crippen MR) is 77.7 cm³/mol. The van der Waals surface area contributed by atoms with Gasteiger partial charge in [-0.05, 0) is 44.4 Å². The Morgan fingerprint density at radius 1 is 1.48 bits per heavy atom. The van der Waals surface area contributed by atoms with Crippen molar-refractivity contribution in [3.8, 4) is 0 Å². The Hall–Kier alpha value is 0.0200. The lowest BCUT2D eigenvalue weighted by Crippen LogP contribution is -2.46. The van der Waals surface area contributed by atoms with Crippen LogP contribution < -0.4 is 5.32 Å². The Morgan fingerprint density at radius 2 is 2.29 bits per heavy atom. The first-order valence-electron chi connectivity index (χ1n) is 7.48. The third-order valence-corrected chi connectivity index (χ3v) is 5.60. The number of rotatable bonds is 6. The van der Waals surface area contributed by atoms with E-state index in [9.17, 15) is 13.2 Å². The Morgan fingerprint density at radius 3 is 2.90 bits per heavy atom. The molecule has 2 heterocycles. The summed E-state index contributed by atoms with van der Waals surface area (Å²) >= 11 is 1.93. The minimum absolute atomic E-state index is 0.00943. The summed E-state index contributed by atoms with van der Waals surface area (Å²) in [5.74, 6) is 2.65. The van der Waals surface area contributed by atoms with Crippen molar-refractivity contribution in [2.75, 3.05) is 38.4 Å². The molecule has 2 saturated heterocycles. The standard InChI is InChI=1S/C14H24F3NO2S/c1-18-12(3-5-19-9-14(15,16)17)11-2-6-20-13(8-11)4-7-21-10-13/h11-12,18H,2-10H2,1H3. The molecule has 7 heteroatoms. The second kappa shape index (κ2) is 7.53. The minimum atomic E-state index is -4.24. The van der Waals surface area contributed by atoms with Crippen molar-refractivity contribution in [3.05, 3.63) is 0 Å². The van der Waals surface area contributed by atoms with Crippen molar-refractivity contribution in [1.29, 1.82) is 0 Å². The largest absolute Gasteiger partial charge is 0.411 e. The van der Waals surface area contributed by atoms with Gasteiger partial charge in [-0.1, -0.05) is 0 Å². The SMILES string of the molecule is CNC(CCOCC(F)(F)F)C1CCOC2(CCSC2)C1. The van der Waals surface area contributed by atoms with E-state index in [1.54, 1.807) is 0 Å². The number of nitrogens with one attached hydrogen (secondary N) is 1. The highest BCUT2D eigenvalue weighted by Gasteiger charge is 2.42. The van der Waals surface area contributed by atoms with Crippen LogP contribution in [0.1, 0.15) is 25.7 Å². The molecule has 1 N–H and O–H groups in total. The molecule has 0 bridgehead atoms. The molecule has 0 aromatic rings. The number of alkyl halides is 3.